The summed E-state index contributed by atoms with van der Waals surface area (Å²) in [4.78, 5) is 0. The van der Waals surface area contributed by atoms with Crippen LogP contribution in [0.2, 0.25) is 0 Å². The first-order valence-corrected chi connectivity index (χ1v) is 5.62. The Kier molecular flexibility index (Phi) is 28.0. The summed E-state index contributed by atoms with van der Waals surface area (Å²) in [5, 5.41) is 11.0. The Bertz CT molecular complexity index is 178. The van der Waals surface area contributed by atoms with E-state index in [-0.39, 0.29) is 21.7 Å². The van der Waals surface area contributed by atoms with Crippen LogP contribution < -0.4 is 0 Å². The van der Waals surface area contributed by atoms with Gasteiger partial charge in [0.25, 0.3) is 0 Å². The number of hydrogen-bond donors (Lipinski definition) is 0. The Morgan fingerprint density at radius 1 is 1.06 bits per heavy atom. The van der Waals surface area contributed by atoms with Crippen LogP contribution in [0.3, 0.4) is 0 Å². The van der Waals surface area contributed by atoms with E-state index in [1.165, 1.54) is 19.3 Å². The molecule has 0 aromatic carbocycles. The Labute approximate surface area is 122 Å². The van der Waals surface area contributed by atoms with Gasteiger partial charge in [-0.25, -0.2) is 0 Å². The standard InChI is InChI=1S/C9H14N.2C2H6N.Ti/c1-10-8-4-7-9-5-2-3-6-9;2*1-3-2;/h2-3,5H,4,6-8H2,1H3;2*1-2H3;/q3*-1;+3. The van der Waals surface area contributed by atoms with Gasteiger partial charge in [-0.1, -0.05) is 30.2 Å². The van der Waals surface area contributed by atoms with Crippen molar-refractivity contribution in [3.05, 3.63) is 39.8 Å². The Balaban J connectivity index is -0.000000240. The SMILES string of the molecule is C[N-]C.C[N-]C.C[N-]CCCC1=CC=CC1.[Ti+3]. The van der Waals surface area contributed by atoms with Gasteiger partial charge in [-0.05, 0) is 12.8 Å². The summed E-state index contributed by atoms with van der Waals surface area (Å²) >= 11 is 0. The number of rotatable bonds is 4. The van der Waals surface area contributed by atoms with Crippen molar-refractivity contribution >= 4 is 0 Å². The Hall–Kier alpha value is 0.0743. The van der Waals surface area contributed by atoms with Crippen molar-refractivity contribution in [2.45, 2.75) is 19.3 Å². The van der Waals surface area contributed by atoms with Crippen LogP contribution in [0.25, 0.3) is 16.0 Å². The van der Waals surface area contributed by atoms with E-state index in [0.29, 0.717) is 0 Å². The minimum Gasteiger partial charge on any atom is -0.668 e. The molecule has 1 aliphatic carbocycles. The number of allylic oxidation sites excluding steroid dienone is 4. The van der Waals surface area contributed by atoms with Crippen molar-refractivity contribution in [1.82, 2.24) is 0 Å². The molecule has 97 valence electrons. The van der Waals surface area contributed by atoms with Crippen LogP contribution in [0.5, 0.6) is 0 Å². The summed E-state index contributed by atoms with van der Waals surface area (Å²) in [6, 6.07) is 0. The molecule has 0 heterocycles. The minimum absolute atomic E-state index is 0. The van der Waals surface area contributed by atoms with Gasteiger partial charge in [0.15, 0.2) is 0 Å². The van der Waals surface area contributed by atoms with Gasteiger partial charge in [-0.15, -0.1) is 6.54 Å². The average Bonchev–Trinajstić information content (AvgIpc) is 2.73. The number of nitrogens with zero attached hydrogens (tertiary/aromatic N) is 3. The topological polar surface area (TPSA) is 42.3 Å². The first-order chi connectivity index (χ1) is 7.76. The molecule has 0 N–H and O–H groups in total. The first kappa shape index (κ1) is 22.3. The zero-order valence-corrected chi connectivity index (χ0v) is 13.5. The van der Waals surface area contributed by atoms with E-state index in [2.05, 4.69) is 34.2 Å². The van der Waals surface area contributed by atoms with E-state index in [9.17, 15) is 0 Å². The summed E-state index contributed by atoms with van der Waals surface area (Å²) in [5.41, 5.74) is 1.56. The Morgan fingerprint density at radius 3 is 1.94 bits per heavy atom. The molecular formula is C13H26N3Ti. The van der Waals surface area contributed by atoms with E-state index in [0.717, 1.165) is 6.54 Å². The van der Waals surface area contributed by atoms with E-state index < -0.39 is 0 Å². The van der Waals surface area contributed by atoms with Gasteiger partial charge in [0.2, 0.25) is 0 Å². The van der Waals surface area contributed by atoms with Gasteiger partial charge in [-0.2, -0.15) is 35.2 Å². The maximum atomic E-state index is 4.05. The molecule has 0 unspecified atom stereocenters. The van der Waals surface area contributed by atoms with E-state index in [4.69, 9.17) is 0 Å². The molecule has 1 aliphatic rings. The number of hydrogen-bond acceptors (Lipinski definition) is 0. The molecule has 1 radical (unpaired) electrons. The molecule has 17 heavy (non-hydrogen) atoms. The maximum Gasteiger partial charge on any atom is 3.00 e. The van der Waals surface area contributed by atoms with Gasteiger partial charge in [0.1, 0.15) is 0 Å². The summed E-state index contributed by atoms with van der Waals surface area (Å²) in [6.45, 7) is 1.01. The zero-order chi connectivity index (χ0) is 12.6. The van der Waals surface area contributed by atoms with Gasteiger partial charge in [0, 0.05) is 0 Å². The monoisotopic (exact) mass is 272 g/mol. The Morgan fingerprint density at radius 2 is 1.59 bits per heavy atom. The molecular weight excluding hydrogens is 246 g/mol. The molecule has 0 aromatic rings. The smallest absolute Gasteiger partial charge is 0.668 e. The fourth-order valence-corrected chi connectivity index (χ4v) is 1.14. The minimum atomic E-state index is 0. The predicted octanol–water partition coefficient (Wildman–Crippen LogP) is 3.89. The summed E-state index contributed by atoms with van der Waals surface area (Å²) < 4.78 is 0. The van der Waals surface area contributed by atoms with Crippen LogP contribution in [0, 0.1) is 0 Å². The van der Waals surface area contributed by atoms with Crippen molar-refractivity contribution in [1.29, 1.82) is 0 Å². The quantitative estimate of drug-likeness (QED) is 0.550. The molecule has 0 aromatic heterocycles. The third-order valence-corrected chi connectivity index (χ3v) is 1.73. The van der Waals surface area contributed by atoms with Gasteiger partial charge in [0.05, 0.1) is 0 Å². The predicted molar refractivity (Wildman–Crippen MR) is 75.6 cm³/mol. The van der Waals surface area contributed by atoms with E-state index in [1.807, 2.05) is 7.05 Å². The summed E-state index contributed by atoms with van der Waals surface area (Å²) in [6.07, 6.45) is 10.2. The fourth-order valence-electron chi connectivity index (χ4n) is 1.14. The molecule has 4 heteroatoms. The van der Waals surface area contributed by atoms with E-state index >= 15 is 0 Å². The van der Waals surface area contributed by atoms with Gasteiger partial charge >= 0.3 is 21.7 Å². The zero-order valence-electron chi connectivity index (χ0n) is 11.9. The molecule has 0 fully saturated rings. The van der Waals surface area contributed by atoms with Crippen molar-refractivity contribution < 1.29 is 21.7 Å². The third kappa shape index (κ3) is 21.8. The van der Waals surface area contributed by atoms with Crippen LogP contribution in [0.1, 0.15) is 19.3 Å². The second kappa shape index (κ2) is 21.4. The van der Waals surface area contributed by atoms with Crippen LogP contribution in [0.4, 0.5) is 0 Å². The van der Waals surface area contributed by atoms with Gasteiger partial charge < -0.3 is 16.0 Å². The molecule has 1 rings (SSSR count). The van der Waals surface area contributed by atoms with Crippen LogP contribution in [-0.2, 0) is 21.7 Å². The third-order valence-electron chi connectivity index (χ3n) is 1.73. The van der Waals surface area contributed by atoms with E-state index in [1.54, 1.807) is 33.8 Å². The summed E-state index contributed by atoms with van der Waals surface area (Å²) in [5.74, 6) is 0. The second-order valence-electron chi connectivity index (χ2n) is 3.50. The normalized spacial score (nSPS) is 11.5. The largest absolute Gasteiger partial charge is 3.00 e. The maximum absolute atomic E-state index is 4.05. The first-order valence-electron chi connectivity index (χ1n) is 5.62. The van der Waals surface area contributed by atoms with Crippen molar-refractivity contribution in [2.75, 3.05) is 41.8 Å². The van der Waals surface area contributed by atoms with Crippen molar-refractivity contribution in [3.63, 3.8) is 0 Å². The van der Waals surface area contributed by atoms with Crippen molar-refractivity contribution in [3.8, 4) is 0 Å². The molecule has 0 saturated heterocycles. The van der Waals surface area contributed by atoms with Crippen LogP contribution >= 0.6 is 0 Å². The van der Waals surface area contributed by atoms with Crippen LogP contribution in [0.15, 0.2) is 23.8 Å². The molecule has 0 saturated carbocycles. The fraction of sp³-hybridized carbons (Fsp3) is 0.692. The molecule has 0 spiro atoms. The molecule has 3 nitrogen and oxygen atoms in total. The van der Waals surface area contributed by atoms with Crippen LogP contribution in [-0.4, -0.2) is 41.8 Å². The summed E-state index contributed by atoms with van der Waals surface area (Å²) in [7, 11) is 8.88. The van der Waals surface area contributed by atoms with Crippen molar-refractivity contribution in [2.24, 2.45) is 0 Å². The van der Waals surface area contributed by atoms with Gasteiger partial charge in [-0.3, -0.25) is 0 Å². The second-order valence-corrected chi connectivity index (χ2v) is 3.50. The molecule has 0 aliphatic heterocycles. The molecule has 0 bridgehead atoms. The molecule has 0 atom stereocenters. The average molecular weight is 272 g/mol. The molecule has 0 amide bonds.